The first-order valence-corrected chi connectivity index (χ1v) is 4.08. The smallest absolute Gasteiger partial charge is 0.349 e. The highest BCUT2D eigenvalue weighted by atomic mass is 16.5. The molecule has 1 rings (SSSR count). The summed E-state index contributed by atoms with van der Waals surface area (Å²) in [5, 5.41) is 11.4. The third kappa shape index (κ3) is 3.14. The van der Waals surface area contributed by atoms with Gasteiger partial charge in [-0.25, -0.2) is 4.79 Å². The van der Waals surface area contributed by atoms with Crippen molar-refractivity contribution >= 4 is 12.0 Å². The molecule has 7 nitrogen and oxygen atoms in total. The first-order valence-electron chi connectivity index (χ1n) is 4.08. The topological polar surface area (TPSA) is 105 Å². The third-order valence-electron chi connectivity index (χ3n) is 1.51. The third-order valence-corrected chi connectivity index (χ3v) is 1.51. The van der Waals surface area contributed by atoms with Crippen molar-refractivity contribution in [2.45, 2.75) is 0 Å². The molecule has 0 aliphatic carbocycles. The summed E-state index contributed by atoms with van der Waals surface area (Å²) in [5.74, 6) is -0.0378. The summed E-state index contributed by atoms with van der Waals surface area (Å²) in [6.07, 6.45) is 1.35. The molecule has 1 aromatic rings. The van der Waals surface area contributed by atoms with Crippen LogP contribution in [-0.2, 0) is 0 Å². The molecule has 0 bridgehead atoms. The maximum Gasteiger partial charge on any atom is 0.349 e. The van der Waals surface area contributed by atoms with Crippen molar-refractivity contribution in [2.24, 2.45) is 15.7 Å². The van der Waals surface area contributed by atoms with E-state index in [0.717, 1.165) is 4.73 Å². The van der Waals surface area contributed by atoms with Gasteiger partial charge in [0, 0.05) is 13.2 Å². The number of hydrogen-bond acceptors (Lipinski definition) is 3. The van der Waals surface area contributed by atoms with Gasteiger partial charge >= 0.3 is 6.03 Å². The number of guanidine groups is 1. The molecule has 4 N–H and O–H groups in total. The van der Waals surface area contributed by atoms with Crippen molar-refractivity contribution in [3.63, 3.8) is 0 Å². The number of amides is 2. The first-order chi connectivity index (χ1) is 7.13. The van der Waals surface area contributed by atoms with Crippen LogP contribution < -0.4 is 16.5 Å². The van der Waals surface area contributed by atoms with Gasteiger partial charge in [0.05, 0.1) is 0 Å². The Labute approximate surface area is 85.5 Å². The number of carbonyl (C=O) groups is 1. The van der Waals surface area contributed by atoms with Crippen LogP contribution in [-0.4, -0.2) is 29.0 Å². The minimum atomic E-state index is -0.702. The predicted molar refractivity (Wildman–Crippen MR) is 53.3 cm³/mol. The van der Waals surface area contributed by atoms with E-state index in [1.165, 1.54) is 19.3 Å². The van der Waals surface area contributed by atoms with Gasteiger partial charge in [0.25, 0.3) is 0 Å². The second kappa shape index (κ2) is 4.80. The second-order valence-electron chi connectivity index (χ2n) is 2.55. The normalized spacial score (nSPS) is 12.6. The number of nitrogens with two attached hydrogens (primary N) is 1. The lowest BCUT2D eigenvalue weighted by molar-refractivity contribution is 0.171. The van der Waals surface area contributed by atoms with Gasteiger partial charge in [0.1, 0.15) is 0 Å². The summed E-state index contributed by atoms with van der Waals surface area (Å²) >= 11 is 0. The highest BCUT2D eigenvalue weighted by Gasteiger charge is 1.99. The summed E-state index contributed by atoms with van der Waals surface area (Å²) in [7, 11) is 1.43. The average Bonchev–Trinajstić information content (AvgIpc) is 2.21. The number of rotatable bonds is 0. The molecular formula is C8H11N5O2. The van der Waals surface area contributed by atoms with Crippen molar-refractivity contribution < 1.29 is 10.0 Å². The fourth-order valence-corrected chi connectivity index (χ4v) is 0.812. The fourth-order valence-electron chi connectivity index (χ4n) is 0.812. The Balaban J connectivity index is 2.89. The zero-order valence-corrected chi connectivity index (χ0v) is 8.08. The molecular weight excluding hydrogens is 198 g/mol. The highest BCUT2D eigenvalue weighted by Crippen LogP contribution is 1.77. The molecule has 0 atom stereocenters. The van der Waals surface area contributed by atoms with E-state index < -0.39 is 6.03 Å². The van der Waals surface area contributed by atoms with Crippen LogP contribution in [0, 0.1) is 0 Å². The van der Waals surface area contributed by atoms with Crippen LogP contribution in [0.25, 0.3) is 0 Å². The standard InChI is InChI=1S/C8H11N5O2/c1-10-7(9)12-8(14)11-6-4-2-3-5-13(6)15/h2-5,15H,1H3,(H3,9,10,12,14). The Hall–Kier alpha value is -2.31. The molecule has 0 aliphatic heterocycles. The van der Waals surface area contributed by atoms with E-state index >= 15 is 0 Å². The molecule has 1 aromatic heterocycles. The molecule has 2 amide bonds. The molecule has 0 radical (unpaired) electrons. The zero-order valence-electron chi connectivity index (χ0n) is 8.08. The Kier molecular flexibility index (Phi) is 3.44. The molecule has 0 unspecified atom stereocenters. The largest absolute Gasteiger partial charge is 0.427 e. The number of nitrogens with zero attached hydrogens (tertiary/aromatic N) is 3. The Morgan fingerprint density at radius 3 is 2.93 bits per heavy atom. The van der Waals surface area contributed by atoms with Gasteiger partial charge < -0.3 is 10.9 Å². The molecule has 0 saturated heterocycles. The molecule has 0 aliphatic rings. The van der Waals surface area contributed by atoms with Gasteiger partial charge in [-0.15, -0.1) is 0 Å². The Morgan fingerprint density at radius 2 is 2.33 bits per heavy atom. The number of urea groups is 1. The van der Waals surface area contributed by atoms with E-state index in [2.05, 4.69) is 15.3 Å². The van der Waals surface area contributed by atoms with Crippen LogP contribution in [0.2, 0.25) is 0 Å². The zero-order chi connectivity index (χ0) is 11.3. The first kappa shape index (κ1) is 10.8. The average molecular weight is 209 g/mol. The van der Waals surface area contributed by atoms with E-state index in [1.807, 2.05) is 0 Å². The molecule has 0 aromatic carbocycles. The monoisotopic (exact) mass is 209 g/mol. The van der Waals surface area contributed by atoms with Crippen LogP contribution in [0.15, 0.2) is 34.4 Å². The van der Waals surface area contributed by atoms with Crippen LogP contribution in [0.1, 0.15) is 0 Å². The van der Waals surface area contributed by atoms with Gasteiger partial charge in [-0.3, -0.25) is 10.3 Å². The molecule has 80 valence electrons. The van der Waals surface area contributed by atoms with Crippen LogP contribution >= 0.6 is 0 Å². The molecule has 0 spiro atoms. The Bertz CT molecular complexity index is 448. The maximum atomic E-state index is 11.2. The summed E-state index contributed by atoms with van der Waals surface area (Å²) in [6, 6.07) is 4.00. The predicted octanol–water partition coefficient (Wildman–Crippen LogP) is -0.720. The van der Waals surface area contributed by atoms with Crippen molar-refractivity contribution in [1.29, 1.82) is 0 Å². The second-order valence-corrected chi connectivity index (χ2v) is 2.55. The number of hydrogen-bond donors (Lipinski definition) is 3. The number of aromatic nitrogens is 1. The summed E-state index contributed by atoms with van der Waals surface area (Å²) < 4.78 is 0.721. The lowest BCUT2D eigenvalue weighted by Crippen LogP contribution is -2.36. The van der Waals surface area contributed by atoms with Crippen molar-refractivity contribution in [3.05, 3.63) is 29.9 Å². The highest BCUT2D eigenvalue weighted by molar-refractivity contribution is 5.95. The Morgan fingerprint density at radius 1 is 1.60 bits per heavy atom. The SMILES string of the molecule is CN=C(N)NC(=O)N=c1ccccn1O. The van der Waals surface area contributed by atoms with Crippen LogP contribution in [0.3, 0.4) is 0 Å². The van der Waals surface area contributed by atoms with Crippen LogP contribution in [0.4, 0.5) is 4.79 Å². The van der Waals surface area contributed by atoms with Gasteiger partial charge in [0.15, 0.2) is 11.4 Å². The molecule has 0 fully saturated rings. The maximum absolute atomic E-state index is 11.2. The number of aliphatic imine (C=N–C) groups is 1. The van der Waals surface area contributed by atoms with Crippen LogP contribution in [0.5, 0.6) is 0 Å². The molecule has 7 heteroatoms. The molecule has 0 saturated carbocycles. The van der Waals surface area contributed by atoms with E-state index in [-0.39, 0.29) is 11.4 Å². The lowest BCUT2D eigenvalue weighted by atomic mass is 10.5. The quantitative estimate of drug-likeness (QED) is 0.298. The van der Waals surface area contributed by atoms with Gasteiger partial charge in [-0.2, -0.15) is 9.72 Å². The van der Waals surface area contributed by atoms with Crippen molar-refractivity contribution in [1.82, 2.24) is 10.0 Å². The van der Waals surface area contributed by atoms with E-state index in [9.17, 15) is 10.0 Å². The number of carbonyl (C=O) groups excluding carboxylic acids is 1. The summed E-state index contributed by atoms with van der Waals surface area (Å²) in [5.41, 5.74) is 5.35. The molecule has 15 heavy (non-hydrogen) atoms. The van der Waals surface area contributed by atoms with Gasteiger partial charge in [-0.1, -0.05) is 6.07 Å². The number of pyridine rings is 1. The van der Waals surface area contributed by atoms with Crippen molar-refractivity contribution in [2.75, 3.05) is 7.05 Å². The summed E-state index contributed by atoms with van der Waals surface area (Å²) in [4.78, 5) is 18.2. The summed E-state index contributed by atoms with van der Waals surface area (Å²) in [6.45, 7) is 0. The minimum absolute atomic E-state index is 0.0378. The van der Waals surface area contributed by atoms with E-state index in [1.54, 1.807) is 12.1 Å². The minimum Gasteiger partial charge on any atom is -0.427 e. The van der Waals surface area contributed by atoms with Gasteiger partial charge in [-0.05, 0) is 12.1 Å². The number of nitrogens with one attached hydrogen (secondary N) is 1. The fraction of sp³-hybridized carbons (Fsp3) is 0.125. The van der Waals surface area contributed by atoms with Gasteiger partial charge in [0.2, 0.25) is 0 Å². The van der Waals surface area contributed by atoms with Crippen molar-refractivity contribution in [3.8, 4) is 0 Å². The lowest BCUT2D eigenvalue weighted by Gasteiger charge is -1.99. The van der Waals surface area contributed by atoms with E-state index in [0.29, 0.717) is 0 Å². The molecule has 1 heterocycles. The van der Waals surface area contributed by atoms with E-state index in [4.69, 9.17) is 5.73 Å².